The van der Waals surface area contributed by atoms with E-state index in [2.05, 4.69) is 15.8 Å². The van der Waals surface area contributed by atoms with Crippen LogP contribution >= 0.6 is 11.6 Å². The van der Waals surface area contributed by atoms with Gasteiger partial charge in [-0.05, 0) is 36.4 Å². The lowest BCUT2D eigenvalue weighted by Gasteiger charge is -2.12. The third-order valence-corrected chi connectivity index (χ3v) is 4.32. The fourth-order valence-electron chi connectivity index (χ4n) is 2.55. The van der Waals surface area contributed by atoms with Crippen molar-refractivity contribution in [3.63, 3.8) is 0 Å². The van der Waals surface area contributed by atoms with Gasteiger partial charge in [-0.15, -0.1) is 0 Å². The van der Waals surface area contributed by atoms with Crippen molar-refractivity contribution in [3.05, 3.63) is 59.4 Å². The molecule has 1 aromatic heterocycles. The average Bonchev–Trinajstić information content (AvgIpc) is 3.03. The first kappa shape index (κ1) is 19.7. The van der Waals surface area contributed by atoms with Crippen molar-refractivity contribution in [3.8, 4) is 5.75 Å². The fraction of sp³-hybridized carbons (Fsp3) is 0.250. The quantitative estimate of drug-likeness (QED) is 0.623. The maximum Gasteiger partial charge on any atom is 0.258 e. The van der Waals surface area contributed by atoms with Gasteiger partial charge in [0.25, 0.3) is 5.91 Å². The molecule has 1 heterocycles. The van der Waals surface area contributed by atoms with E-state index < -0.39 is 0 Å². The zero-order valence-electron chi connectivity index (χ0n) is 15.6. The first-order chi connectivity index (χ1) is 13.4. The lowest BCUT2D eigenvalue weighted by Crippen LogP contribution is -2.45. The predicted molar refractivity (Wildman–Crippen MR) is 107 cm³/mol. The number of nitrogens with one attached hydrogen (secondary N) is 2. The predicted octanol–water partition coefficient (Wildman–Crippen LogP) is 3.07. The Hall–Kier alpha value is -3.06. The Morgan fingerprint density at radius 2 is 1.82 bits per heavy atom. The number of hydrogen-bond acceptors (Lipinski definition) is 4. The number of aromatic nitrogens is 2. The highest BCUT2D eigenvalue weighted by molar-refractivity contribution is 6.30. The number of benzene rings is 2. The normalized spacial score (nSPS) is 10.9. The van der Waals surface area contributed by atoms with E-state index in [1.54, 1.807) is 42.7 Å². The summed E-state index contributed by atoms with van der Waals surface area (Å²) in [7, 11) is 0. The molecule has 2 N–H and O–H groups in total. The van der Waals surface area contributed by atoms with E-state index in [4.69, 9.17) is 16.3 Å². The second kappa shape index (κ2) is 8.75. The fourth-order valence-corrected chi connectivity index (χ4v) is 2.68. The van der Waals surface area contributed by atoms with E-state index in [1.807, 2.05) is 24.3 Å². The van der Waals surface area contributed by atoms with E-state index in [0.717, 1.165) is 11.0 Å². The molecular weight excluding hydrogens is 380 g/mol. The average molecular weight is 401 g/mol. The Morgan fingerprint density at radius 3 is 2.54 bits per heavy atom. The third kappa shape index (κ3) is 4.80. The molecule has 0 saturated carbocycles. The minimum Gasteiger partial charge on any atom is -0.486 e. The van der Waals surface area contributed by atoms with Gasteiger partial charge in [0.15, 0.2) is 0 Å². The van der Waals surface area contributed by atoms with Crippen LogP contribution in [-0.4, -0.2) is 21.4 Å². The van der Waals surface area contributed by atoms with Crippen molar-refractivity contribution in [1.82, 2.24) is 20.4 Å². The number of amides is 2. The molecule has 0 aliphatic rings. The van der Waals surface area contributed by atoms with Crippen molar-refractivity contribution in [2.75, 3.05) is 0 Å². The molecule has 0 aliphatic heterocycles. The van der Waals surface area contributed by atoms with Crippen LogP contribution in [0.5, 0.6) is 5.75 Å². The topological polar surface area (TPSA) is 85.2 Å². The van der Waals surface area contributed by atoms with Crippen LogP contribution in [0.1, 0.15) is 19.7 Å². The van der Waals surface area contributed by atoms with Gasteiger partial charge in [-0.1, -0.05) is 37.6 Å². The molecule has 0 bridgehead atoms. The van der Waals surface area contributed by atoms with Gasteiger partial charge in [0.1, 0.15) is 24.7 Å². The Kier molecular flexibility index (Phi) is 6.16. The van der Waals surface area contributed by atoms with Crippen LogP contribution in [0.2, 0.25) is 5.02 Å². The maximum atomic E-state index is 12.3. The number of para-hydroxylation sites is 2. The zero-order chi connectivity index (χ0) is 20.1. The number of fused-ring (bicyclic) bond motifs is 1. The number of hydrogen-bond donors (Lipinski definition) is 2. The Labute approximate surface area is 167 Å². The minimum atomic E-state index is -0.357. The van der Waals surface area contributed by atoms with Crippen molar-refractivity contribution in [1.29, 1.82) is 0 Å². The van der Waals surface area contributed by atoms with Gasteiger partial charge in [-0.2, -0.15) is 0 Å². The Bertz CT molecular complexity index is 983. The number of carbonyl (C=O) groups excluding carboxylic acids is 2. The number of carbonyl (C=O) groups is 2. The molecule has 7 nitrogen and oxygen atoms in total. The summed E-state index contributed by atoms with van der Waals surface area (Å²) in [5, 5.41) is 0.625. The van der Waals surface area contributed by atoms with Crippen LogP contribution in [-0.2, 0) is 22.7 Å². The van der Waals surface area contributed by atoms with Crippen molar-refractivity contribution in [2.24, 2.45) is 5.92 Å². The summed E-state index contributed by atoms with van der Waals surface area (Å²) in [5.74, 6) is 0.413. The van der Waals surface area contributed by atoms with Gasteiger partial charge in [0, 0.05) is 10.9 Å². The molecule has 2 aromatic carbocycles. The summed E-state index contributed by atoms with van der Waals surface area (Å²) >= 11 is 5.89. The van der Waals surface area contributed by atoms with Crippen molar-refractivity contribution >= 4 is 34.4 Å². The van der Waals surface area contributed by atoms with Gasteiger partial charge in [0.05, 0.1) is 11.0 Å². The van der Waals surface area contributed by atoms with E-state index in [1.165, 1.54) is 0 Å². The van der Waals surface area contributed by atoms with Gasteiger partial charge in [-0.25, -0.2) is 4.98 Å². The van der Waals surface area contributed by atoms with E-state index in [-0.39, 0.29) is 30.9 Å². The maximum absolute atomic E-state index is 12.3. The largest absolute Gasteiger partial charge is 0.486 e. The molecule has 8 heteroatoms. The SMILES string of the molecule is CC(C)C(=O)NNC(=O)Cn1c(COc2ccc(Cl)cc2)nc2ccccc21. The first-order valence-electron chi connectivity index (χ1n) is 8.85. The molecule has 2 amide bonds. The molecule has 0 fully saturated rings. The minimum absolute atomic E-state index is 0.00179. The van der Waals surface area contributed by atoms with Gasteiger partial charge in [-0.3, -0.25) is 20.4 Å². The van der Waals surface area contributed by atoms with E-state index in [0.29, 0.717) is 16.6 Å². The van der Waals surface area contributed by atoms with Crippen molar-refractivity contribution < 1.29 is 14.3 Å². The summed E-state index contributed by atoms with van der Waals surface area (Å²) in [6.45, 7) is 3.67. The molecule has 0 unspecified atom stereocenters. The number of nitrogens with zero attached hydrogens (tertiary/aromatic N) is 2. The van der Waals surface area contributed by atoms with Crippen LogP contribution < -0.4 is 15.6 Å². The summed E-state index contributed by atoms with van der Waals surface area (Å²) in [6, 6.07) is 14.5. The van der Waals surface area contributed by atoms with E-state index >= 15 is 0 Å². The van der Waals surface area contributed by atoms with Crippen LogP contribution in [0.3, 0.4) is 0 Å². The molecule has 3 aromatic rings. The van der Waals surface area contributed by atoms with Crippen LogP contribution in [0.4, 0.5) is 0 Å². The number of imidazole rings is 1. The van der Waals surface area contributed by atoms with Gasteiger partial charge < -0.3 is 9.30 Å². The lowest BCUT2D eigenvalue weighted by molar-refractivity contribution is -0.130. The van der Waals surface area contributed by atoms with Gasteiger partial charge >= 0.3 is 0 Å². The third-order valence-electron chi connectivity index (χ3n) is 4.07. The smallest absolute Gasteiger partial charge is 0.258 e. The molecule has 0 atom stereocenters. The molecule has 3 rings (SSSR count). The standard InChI is InChI=1S/C20H21ClN4O3/c1-13(2)20(27)24-23-19(26)11-25-17-6-4-3-5-16(17)22-18(25)12-28-15-9-7-14(21)8-10-15/h3-10,13H,11-12H2,1-2H3,(H,23,26)(H,24,27). The van der Waals surface area contributed by atoms with E-state index in [9.17, 15) is 9.59 Å². The molecule has 0 saturated heterocycles. The molecule has 0 radical (unpaired) electrons. The second-order valence-electron chi connectivity index (χ2n) is 6.54. The zero-order valence-corrected chi connectivity index (χ0v) is 16.4. The highest BCUT2D eigenvalue weighted by atomic mass is 35.5. The van der Waals surface area contributed by atoms with Crippen LogP contribution in [0.15, 0.2) is 48.5 Å². The summed E-state index contributed by atoms with van der Waals surface area (Å²) in [6.07, 6.45) is 0. The molecule has 146 valence electrons. The Balaban J connectivity index is 1.76. The highest BCUT2D eigenvalue weighted by Crippen LogP contribution is 2.20. The number of halogens is 1. The number of rotatable bonds is 6. The molecule has 0 spiro atoms. The highest BCUT2D eigenvalue weighted by Gasteiger charge is 2.15. The van der Waals surface area contributed by atoms with Gasteiger partial charge in [0.2, 0.25) is 5.91 Å². The van der Waals surface area contributed by atoms with Crippen LogP contribution in [0.25, 0.3) is 11.0 Å². The summed E-state index contributed by atoms with van der Waals surface area (Å²) in [4.78, 5) is 28.5. The second-order valence-corrected chi connectivity index (χ2v) is 6.97. The lowest BCUT2D eigenvalue weighted by atomic mass is 10.2. The molecule has 28 heavy (non-hydrogen) atoms. The summed E-state index contributed by atoms with van der Waals surface area (Å²) < 4.78 is 7.55. The monoisotopic (exact) mass is 400 g/mol. The Morgan fingerprint density at radius 1 is 1.11 bits per heavy atom. The summed E-state index contributed by atoms with van der Waals surface area (Å²) in [5.41, 5.74) is 6.41. The molecular formula is C20H21ClN4O3. The first-order valence-corrected chi connectivity index (χ1v) is 9.23. The van der Waals surface area contributed by atoms with Crippen molar-refractivity contribution in [2.45, 2.75) is 27.0 Å². The number of hydrazine groups is 1. The molecule has 0 aliphatic carbocycles. The number of ether oxygens (including phenoxy) is 1. The van der Waals surface area contributed by atoms with Crippen LogP contribution in [0, 0.1) is 5.92 Å².